The maximum atomic E-state index is 12.9. The van der Waals surface area contributed by atoms with E-state index >= 15 is 0 Å². The minimum absolute atomic E-state index is 0.0603. The molecule has 124 valence electrons. The van der Waals surface area contributed by atoms with E-state index in [1.165, 1.54) is 0 Å². The molecule has 3 rings (SSSR count). The van der Waals surface area contributed by atoms with Crippen LogP contribution in [0.1, 0.15) is 10.4 Å². The van der Waals surface area contributed by atoms with Crippen LogP contribution in [0.5, 0.6) is 0 Å². The number of hydrogen-bond donors (Lipinski definition) is 1. The molecule has 2 aromatic rings. The minimum Gasteiger partial charge on any atom is -0.376 e. The Kier molecular flexibility index (Phi) is 4.66. The van der Waals surface area contributed by atoms with E-state index in [1.807, 2.05) is 24.3 Å². The summed E-state index contributed by atoms with van der Waals surface area (Å²) < 4.78 is 16.6. The molecule has 6 heteroatoms. The Morgan fingerprint density at radius 3 is 2.78 bits per heavy atom. The molecule has 6 nitrogen and oxygen atoms in total. The van der Waals surface area contributed by atoms with Crippen molar-refractivity contribution in [2.75, 3.05) is 34.5 Å². The van der Waals surface area contributed by atoms with Gasteiger partial charge in [-0.25, -0.2) is 0 Å². The molecule has 1 aromatic heterocycles. The van der Waals surface area contributed by atoms with Crippen molar-refractivity contribution in [1.29, 1.82) is 0 Å². The average Bonchev–Trinajstić information content (AvgIpc) is 3.03. The lowest BCUT2D eigenvalue weighted by molar-refractivity contribution is -0.147. The first-order chi connectivity index (χ1) is 11.2. The number of aromatic nitrogens is 1. The zero-order valence-corrected chi connectivity index (χ0v) is 13.6. The molecule has 1 fully saturated rings. The molecule has 0 bridgehead atoms. The second-order valence-corrected chi connectivity index (χ2v) is 5.74. The predicted molar refractivity (Wildman–Crippen MR) is 86.6 cm³/mol. The Labute approximate surface area is 135 Å². The van der Waals surface area contributed by atoms with Crippen LogP contribution in [0, 0.1) is 0 Å². The number of H-pyrrole nitrogens is 1. The number of para-hydroxylation sites is 1. The lowest BCUT2D eigenvalue weighted by atomic mass is 10.0. The second kappa shape index (κ2) is 6.70. The SMILES string of the molecule is CO[C@H]1[C@H](N(C)C(=O)c2c[nH]c3ccccc23)COC[C@H]1OC. The summed E-state index contributed by atoms with van der Waals surface area (Å²) in [6.45, 7) is 0.906. The van der Waals surface area contributed by atoms with Gasteiger partial charge in [0.1, 0.15) is 12.2 Å². The van der Waals surface area contributed by atoms with E-state index in [2.05, 4.69) is 4.98 Å². The zero-order chi connectivity index (χ0) is 16.4. The number of likely N-dealkylation sites (N-methyl/N-ethyl adjacent to an activating group) is 1. The fraction of sp³-hybridized carbons (Fsp3) is 0.471. The van der Waals surface area contributed by atoms with Gasteiger partial charge in [-0.15, -0.1) is 0 Å². The smallest absolute Gasteiger partial charge is 0.256 e. The van der Waals surface area contributed by atoms with E-state index in [-0.39, 0.29) is 24.2 Å². The summed E-state index contributed by atoms with van der Waals surface area (Å²) in [5.41, 5.74) is 1.60. The predicted octanol–water partition coefficient (Wildman–Crippen LogP) is 1.67. The fourth-order valence-electron chi connectivity index (χ4n) is 3.17. The molecule has 1 saturated heterocycles. The lowest BCUT2D eigenvalue weighted by Gasteiger charge is -2.40. The molecule has 1 aromatic carbocycles. The number of benzene rings is 1. The van der Waals surface area contributed by atoms with Crippen LogP contribution in [0.3, 0.4) is 0 Å². The van der Waals surface area contributed by atoms with Gasteiger partial charge in [0, 0.05) is 38.4 Å². The molecule has 1 aliphatic heterocycles. The molecule has 0 unspecified atom stereocenters. The van der Waals surface area contributed by atoms with Crippen LogP contribution in [0.15, 0.2) is 30.5 Å². The number of amides is 1. The van der Waals surface area contributed by atoms with Gasteiger partial charge in [0.2, 0.25) is 0 Å². The molecule has 23 heavy (non-hydrogen) atoms. The molecule has 0 spiro atoms. The van der Waals surface area contributed by atoms with Gasteiger partial charge in [-0.3, -0.25) is 4.79 Å². The monoisotopic (exact) mass is 318 g/mol. The fourth-order valence-corrected chi connectivity index (χ4v) is 3.17. The number of rotatable bonds is 4. The van der Waals surface area contributed by atoms with Gasteiger partial charge in [-0.2, -0.15) is 0 Å². The highest BCUT2D eigenvalue weighted by atomic mass is 16.6. The Bertz CT molecular complexity index is 684. The number of hydrogen-bond acceptors (Lipinski definition) is 4. The number of nitrogens with zero attached hydrogens (tertiary/aromatic N) is 1. The number of fused-ring (bicyclic) bond motifs is 1. The van der Waals surface area contributed by atoms with Crippen LogP contribution in [-0.4, -0.2) is 68.5 Å². The van der Waals surface area contributed by atoms with Gasteiger partial charge in [-0.05, 0) is 6.07 Å². The van der Waals surface area contributed by atoms with Gasteiger partial charge >= 0.3 is 0 Å². The van der Waals surface area contributed by atoms with Crippen LogP contribution < -0.4 is 0 Å². The molecule has 0 radical (unpaired) electrons. The number of aromatic amines is 1. The Morgan fingerprint density at radius 1 is 1.26 bits per heavy atom. The van der Waals surface area contributed by atoms with Crippen LogP contribution in [0.25, 0.3) is 10.9 Å². The zero-order valence-electron chi connectivity index (χ0n) is 13.6. The van der Waals surface area contributed by atoms with Gasteiger partial charge in [-0.1, -0.05) is 18.2 Å². The van der Waals surface area contributed by atoms with Crippen LogP contribution in [0.2, 0.25) is 0 Å². The molecule has 3 atom stereocenters. The van der Waals surface area contributed by atoms with Gasteiger partial charge in [0.15, 0.2) is 0 Å². The summed E-state index contributed by atoms with van der Waals surface area (Å²) in [6.07, 6.45) is 1.35. The third kappa shape index (κ3) is 2.85. The third-order valence-electron chi connectivity index (χ3n) is 4.53. The van der Waals surface area contributed by atoms with E-state index in [4.69, 9.17) is 14.2 Å². The molecular formula is C17H22N2O4. The second-order valence-electron chi connectivity index (χ2n) is 5.74. The maximum absolute atomic E-state index is 12.9. The summed E-state index contributed by atoms with van der Waals surface area (Å²) in [6, 6.07) is 7.57. The van der Waals surface area contributed by atoms with E-state index in [1.54, 1.807) is 32.4 Å². The standard InChI is InChI=1S/C17H22N2O4/c1-19(14-9-23-10-15(21-2)16(14)22-3)17(20)12-8-18-13-7-5-4-6-11(12)13/h4-8,14-16,18H,9-10H2,1-3H3/t14-,15-,16+/m1/s1. The maximum Gasteiger partial charge on any atom is 0.256 e. The van der Waals surface area contributed by atoms with Crippen molar-refractivity contribution < 1.29 is 19.0 Å². The average molecular weight is 318 g/mol. The highest BCUT2D eigenvalue weighted by Crippen LogP contribution is 2.23. The topological polar surface area (TPSA) is 63.8 Å². The Morgan fingerprint density at radius 2 is 2.04 bits per heavy atom. The van der Waals surface area contributed by atoms with E-state index < -0.39 is 0 Å². The van der Waals surface area contributed by atoms with Crippen LogP contribution >= 0.6 is 0 Å². The van der Waals surface area contributed by atoms with Crippen molar-refractivity contribution in [3.8, 4) is 0 Å². The van der Waals surface area contributed by atoms with Crippen molar-refractivity contribution in [3.63, 3.8) is 0 Å². The summed E-state index contributed by atoms with van der Waals surface area (Å²) in [5.74, 6) is -0.0603. The molecule has 0 saturated carbocycles. The van der Waals surface area contributed by atoms with Crippen molar-refractivity contribution in [2.24, 2.45) is 0 Å². The normalized spacial score (nSPS) is 24.7. The molecule has 2 heterocycles. The molecule has 1 amide bonds. The highest BCUT2D eigenvalue weighted by molar-refractivity contribution is 6.06. The molecule has 1 N–H and O–H groups in total. The quantitative estimate of drug-likeness (QED) is 0.931. The first-order valence-electron chi connectivity index (χ1n) is 7.64. The van der Waals surface area contributed by atoms with Gasteiger partial charge in [0.05, 0.1) is 24.8 Å². The molecular weight excluding hydrogens is 296 g/mol. The van der Waals surface area contributed by atoms with Crippen LogP contribution in [-0.2, 0) is 14.2 Å². The minimum atomic E-state index is -0.215. The third-order valence-corrected chi connectivity index (χ3v) is 4.53. The number of carbonyl (C=O) groups is 1. The van der Waals surface area contributed by atoms with Gasteiger partial charge in [0.25, 0.3) is 5.91 Å². The summed E-state index contributed by atoms with van der Waals surface area (Å²) in [4.78, 5) is 17.8. The largest absolute Gasteiger partial charge is 0.376 e. The van der Waals surface area contributed by atoms with Crippen molar-refractivity contribution in [2.45, 2.75) is 18.2 Å². The lowest BCUT2D eigenvalue weighted by Crippen LogP contribution is -2.57. The Hall–Kier alpha value is -1.89. The first kappa shape index (κ1) is 16.0. The van der Waals surface area contributed by atoms with Crippen molar-refractivity contribution in [3.05, 3.63) is 36.0 Å². The first-order valence-corrected chi connectivity index (χ1v) is 7.64. The summed E-state index contributed by atoms with van der Waals surface area (Å²) >= 11 is 0. The highest BCUT2D eigenvalue weighted by Gasteiger charge is 2.39. The molecule has 1 aliphatic rings. The van der Waals surface area contributed by atoms with Crippen molar-refractivity contribution >= 4 is 16.8 Å². The molecule has 0 aliphatic carbocycles. The number of carbonyl (C=O) groups excluding carboxylic acids is 1. The van der Waals surface area contributed by atoms with Crippen molar-refractivity contribution in [1.82, 2.24) is 9.88 Å². The van der Waals surface area contributed by atoms with E-state index in [0.29, 0.717) is 18.8 Å². The van der Waals surface area contributed by atoms with E-state index in [9.17, 15) is 4.79 Å². The number of ether oxygens (including phenoxy) is 3. The number of nitrogens with one attached hydrogen (secondary N) is 1. The number of methoxy groups -OCH3 is 2. The van der Waals surface area contributed by atoms with E-state index in [0.717, 1.165) is 10.9 Å². The summed E-state index contributed by atoms with van der Waals surface area (Å²) in [5, 5.41) is 0.915. The summed E-state index contributed by atoms with van der Waals surface area (Å²) in [7, 11) is 5.05. The van der Waals surface area contributed by atoms with Gasteiger partial charge < -0.3 is 24.1 Å². The van der Waals surface area contributed by atoms with Crippen LogP contribution in [0.4, 0.5) is 0 Å². The Balaban J connectivity index is 1.86.